The van der Waals surface area contributed by atoms with E-state index in [1.54, 1.807) is 0 Å². The fourth-order valence-corrected chi connectivity index (χ4v) is 3.44. The van der Waals surface area contributed by atoms with E-state index in [0.29, 0.717) is 0 Å². The highest BCUT2D eigenvalue weighted by Crippen LogP contribution is 2.34. The Balaban J connectivity index is 2.68. The van der Waals surface area contributed by atoms with Gasteiger partial charge in [-0.05, 0) is 4.57 Å². The number of hydrogen-bond donors (Lipinski definition) is 4. The molecule has 6 atom stereocenters. The van der Waals surface area contributed by atoms with Gasteiger partial charge in [-0.1, -0.05) is 9.19 Å². The van der Waals surface area contributed by atoms with Crippen LogP contribution in [0.15, 0.2) is 0 Å². The summed E-state index contributed by atoms with van der Waals surface area (Å²) in [5.74, 6) is 0.409. The SMILES string of the molecule is O=[P+](O[C@H]1O[C@H](CO)[C@H](O)[C@H](O)[C@H]1O)N(CCCl)CCCl. The van der Waals surface area contributed by atoms with Crippen molar-refractivity contribution in [2.45, 2.75) is 30.7 Å². The van der Waals surface area contributed by atoms with Gasteiger partial charge < -0.3 is 25.2 Å². The molecule has 1 heterocycles. The second kappa shape index (κ2) is 9.52. The average Bonchev–Trinajstić information content (AvgIpc) is 2.47. The third-order valence-electron chi connectivity index (χ3n) is 2.96. The molecule has 0 aliphatic carbocycles. The predicted molar refractivity (Wildman–Crippen MR) is 75.5 cm³/mol. The Morgan fingerprint density at radius 2 is 1.67 bits per heavy atom. The molecule has 0 saturated carbocycles. The second-order valence-corrected chi connectivity index (χ2v) is 6.38. The van der Waals surface area contributed by atoms with Gasteiger partial charge in [0.25, 0.3) is 0 Å². The summed E-state index contributed by atoms with van der Waals surface area (Å²) in [6.07, 6.45) is -7.25. The van der Waals surface area contributed by atoms with Gasteiger partial charge in [-0.15, -0.1) is 23.2 Å². The molecule has 0 amide bonds. The molecule has 0 radical (unpaired) electrons. The Morgan fingerprint density at radius 1 is 1.10 bits per heavy atom. The first-order valence-corrected chi connectivity index (χ1v) is 8.47. The molecule has 124 valence electrons. The lowest BCUT2D eigenvalue weighted by Crippen LogP contribution is -2.58. The summed E-state index contributed by atoms with van der Waals surface area (Å²) in [7, 11) is -2.41. The molecular formula is C10H19Cl2NO7P+. The van der Waals surface area contributed by atoms with Crippen molar-refractivity contribution in [1.29, 1.82) is 0 Å². The molecular weight excluding hydrogens is 348 g/mol. The zero-order valence-electron chi connectivity index (χ0n) is 11.1. The van der Waals surface area contributed by atoms with Crippen molar-refractivity contribution in [2.24, 2.45) is 0 Å². The number of ether oxygens (including phenoxy) is 1. The molecule has 1 saturated heterocycles. The number of nitrogens with zero attached hydrogens (tertiary/aromatic N) is 1. The fourth-order valence-electron chi connectivity index (χ4n) is 1.78. The fraction of sp³-hybridized carbons (Fsp3) is 1.00. The van der Waals surface area contributed by atoms with Crippen LogP contribution in [-0.2, 0) is 13.8 Å². The summed E-state index contributed by atoms with van der Waals surface area (Å²) < 4.78 is 23.6. The van der Waals surface area contributed by atoms with E-state index in [2.05, 4.69) is 0 Å². The van der Waals surface area contributed by atoms with E-state index in [9.17, 15) is 19.9 Å². The summed E-state index contributed by atoms with van der Waals surface area (Å²) in [6, 6.07) is 0. The lowest BCUT2D eigenvalue weighted by atomic mass is 10.00. The van der Waals surface area contributed by atoms with Crippen molar-refractivity contribution in [3.05, 3.63) is 0 Å². The normalized spacial score (nSPS) is 34.2. The lowest BCUT2D eigenvalue weighted by Gasteiger charge is -2.37. The van der Waals surface area contributed by atoms with Crippen LogP contribution in [0.4, 0.5) is 0 Å². The van der Waals surface area contributed by atoms with Crippen molar-refractivity contribution < 1.29 is 34.3 Å². The largest absolute Gasteiger partial charge is 0.618 e. The maximum absolute atomic E-state index is 12.1. The van der Waals surface area contributed by atoms with Crippen LogP contribution in [-0.4, -0.2) is 87.3 Å². The molecule has 0 aromatic carbocycles. The van der Waals surface area contributed by atoms with Crippen LogP contribution in [0.5, 0.6) is 0 Å². The van der Waals surface area contributed by atoms with Crippen LogP contribution >= 0.6 is 31.4 Å². The number of halogens is 2. The van der Waals surface area contributed by atoms with Crippen molar-refractivity contribution in [3.63, 3.8) is 0 Å². The van der Waals surface area contributed by atoms with Gasteiger partial charge >= 0.3 is 8.18 Å². The first-order valence-electron chi connectivity index (χ1n) is 6.27. The zero-order chi connectivity index (χ0) is 16.0. The van der Waals surface area contributed by atoms with Crippen LogP contribution in [0.2, 0.25) is 0 Å². The molecule has 1 unspecified atom stereocenters. The standard InChI is InChI=1S/C10H19Cl2NO7P/c11-1-3-13(4-2-12)21(18)20-10-9(17)8(16)7(15)6(5-14)19-10/h6-10,14-17H,1-5H2/q+1/t6-,7+,8+,9-,10-/m1/s1. The number of aliphatic hydroxyl groups excluding tert-OH is 4. The summed E-state index contributed by atoms with van der Waals surface area (Å²) in [5.41, 5.74) is 0. The minimum absolute atomic E-state index is 0.204. The molecule has 0 aromatic heterocycles. The first-order chi connectivity index (χ1) is 9.96. The monoisotopic (exact) mass is 366 g/mol. The molecule has 11 heteroatoms. The second-order valence-electron chi connectivity index (χ2n) is 4.37. The molecule has 21 heavy (non-hydrogen) atoms. The van der Waals surface area contributed by atoms with E-state index in [1.165, 1.54) is 4.67 Å². The smallest absolute Gasteiger partial charge is 0.394 e. The van der Waals surface area contributed by atoms with E-state index in [4.69, 9.17) is 37.6 Å². The minimum atomic E-state index is -2.41. The number of alkyl halides is 2. The van der Waals surface area contributed by atoms with Crippen LogP contribution < -0.4 is 0 Å². The average molecular weight is 367 g/mol. The Bertz CT molecular complexity index is 333. The van der Waals surface area contributed by atoms with E-state index in [-0.39, 0.29) is 24.8 Å². The Labute approximate surface area is 133 Å². The predicted octanol–water partition coefficient (Wildman–Crippen LogP) is -0.760. The molecule has 1 aliphatic rings. The Hall–Kier alpha value is 0.400. The van der Waals surface area contributed by atoms with Crippen LogP contribution in [0, 0.1) is 0 Å². The minimum Gasteiger partial charge on any atom is -0.394 e. The number of rotatable bonds is 8. The molecule has 1 aliphatic heterocycles. The van der Waals surface area contributed by atoms with Gasteiger partial charge in [0.15, 0.2) is 0 Å². The van der Waals surface area contributed by atoms with Crippen LogP contribution in [0.25, 0.3) is 0 Å². The van der Waals surface area contributed by atoms with Gasteiger partial charge in [0.2, 0.25) is 6.29 Å². The molecule has 0 bridgehead atoms. The van der Waals surface area contributed by atoms with Gasteiger partial charge in [-0.3, -0.25) is 0 Å². The Kier molecular flexibility index (Phi) is 8.82. The number of aliphatic hydroxyl groups is 4. The van der Waals surface area contributed by atoms with Gasteiger partial charge in [0, 0.05) is 11.8 Å². The highest BCUT2D eigenvalue weighted by Gasteiger charge is 2.48. The van der Waals surface area contributed by atoms with E-state index in [1.807, 2.05) is 0 Å². The van der Waals surface area contributed by atoms with Crippen LogP contribution in [0.3, 0.4) is 0 Å². The maximum atomic E-state index is 12.1. The van der Waals surface area contributed by atoms with E-state index >= 15 is 0 Å². The lowest BCUT2D eigenvalue weighted by molar-refractivity contribution is -0.277. The van der Waals surface area contributed by atoms with Crippen molar-refractivity contribution in [3.8, 4) is 0 Å². The van der Waals surface area contributed by atoms with E-state index < -0.39 is 45.5 Å². The summed E-state index contributed by atoms with van der Waals surface area (Å²) in [6.45, 7) is -0.0868. The van der Waals surface area contributed by atoms with E-state index in [0.717, 1.165) is 0 Å². The summed E-state index contributed by atoms with van der Waals surface area (Å²) in [5, 5.41) is 38.0. The number of hydrogen-bond acceptors (Lipinski definition) is 7. The topological polar surface area (TPSA) is 120 Å². The van der Waals surface area contributed by atoms with Gasteiger partial charge in [-0.25, -0.2) is 0 Å². The summed E-state index contributed by atoms with van der Waals surface area (Å²) >= 11 is 11.2. The highest BCUT2D eigenvalue weighted by atomic mass is 35.5. The van der Waals surface area contributed by atoms with Gasteiger partial charge in [0.05, 0.1) is 19.7 Å². The van der Waals surface area contributed by atoms with Crippen LogP contribution in [0.1, 0.15) is 0 Å². The zero-order valence-corrected chi connectivity index (χ0v) is 13.5. The highest BCUT2D eigenvalue weighted by molar-refractivity contribution is 7.36. The molecule has 8 nitrogen and oxygen atoms in total. The quantitative estimate of drug-likeness (QED) is 0.327. The molecule has 0 aromatic rings. The van der Waals surface area contributed by atoms with Crippen molar-refractivity contribution in [2.75, 3.05) is 31.5 Å². The third-order valence-corrected chi connectivity index (χ3v) is 4.55. The summed E-state index contributed by atoms with van der Waals surface area (Å²) in [4.78, 5) is 0. The molecule has 1 rings (SSSR count). The molecule has 0 spiro atoms. The Morgan fingerprint density at radius 3 is 2.14 bits per heavy atom. The maximum Gasteiger partial charge on any atom is 0.618 e. The first kappa shape index (κ1) is 19.4. The van der Waals surface area contributed by atoms with Crippen molar-refractivity contribution in [1.82, 2.24) is 4.67 Å². The van der Waals surface area contributed by atoms with Gasteiger partial charge in [0.1, 0.15) is 24.4 Å². The third kappa shape index (κ3) is 5.21. The molecule has 4 N–H and O–H groups in total. The van der Waals surface area contributed by atoms with Gasteiger partial charge in [-0.2, -0.15) is 0 Å². The molecule has 1 fully saturated rings. The van der Waals surface area contributed by atoms with Crippen molar-refractivity contribution >= 4 is 31.4 Å².